The van der Waals surface area contributed by atoms with E-state index >= 15 is 0 Å². The third kappa shape index (κ3) is 5.27. The van der Waals surface area contributed by atoms with Gasteiger partial charge in [-0.3, -0.25) is 14.4 Å². The van der Waals surface area contributed by atoms with Crippen LogP contribution in [0.2, 0.25) is 5.02 Å². The van der Waals surface area contributed by atoms with E-state index in [9.17, 15) is 23.2 Å². The molecule has 0 spiro atoms. The molecule has 0 aliphatic rings. The Morgan fingerprint density at radius 2 is 1.97 bits per heavy atom. The fourth-order valence-electron chi connectivity index (χ4n) is 2.73. The highest BCUT2D eigenvalue weighted by Gasteiger charge is 2.16. The molecule has 0 atom stereocenters. The van der Waals surface area contributed by atoms with E-state index in [1.165, 1.54) is 18.2 Å². The summed E-state index contributed by atoms with van der Waals surface area (Å²) in [6.45, 7) is 1.04. The molecule has 0 aliphatic carbocycles. The van der Waals surface area contributed by atoms with Crippen LogP contribution >= 0.6 is 11.6 Å². The maximum atomic E-state index is 13.9. The number of nitrogens with one attached hydrogen (secondary N) is 2. The second kappa shape index (κ2) is 9.56. The number of amides is 2. The van der Waals surface area contributed by atoms with Crippen LogP contribution in [0, 0.1) is 18.6 Å². The summed E-state index contributed by atoms with van der Waals surface area (Å²) in [6, 6.07) is 7.58. The van der Waals surface area contributed by atoms with Crippen molar-refractivity contribution in [3.8, 4) is 17.3 Å². The highest BCUT2D eigenvalue weighted by atomic mass is 35.5. The zero-order valence-corrected chi connectivity index (χ0v) is 17.4. The molecule has 11 heteroatoms. The number of hydrogen-bond acceptors (Lipinski definition) is 5. The van der Waals surface area contributed by atoms with Gasteiger partial charge in [-0.1, -0.05) is 17.7 Å². The molecule has 1 aromatic heterocycles. The van der Waals surface area contributed by atoms with Crippen LogP contribution in [0.1, 0.15) is 21.5 Å². The number of aryl methyl sites for hydroxylation is 1. The minimum Gasteiger partial charge on any atom is -0.471 e. The summed E-state index contributed by atoms with van der Waals surface area (Å²) in [5.41, 5.74) is 5.60. The summed E-state index contributed by atoms with van der Waals surface area (Å²) < 4.78 is 32.3. The van der Waals surface area contributed by atoms with E-state index in [4.69, 9.17) is 22.1 Å². The number of carbonyl (C=O) groups excluding carboxylic acids is 2. The van der Waals surface area contributed by atoms with E-state index in [0.717, 1.165) is 6.07 Å². The molecule has 0 bridgehead atoms. The zero-order chi connectivity index (χ0) is 23.4. The first-order valence-electron chi connectivity index (χ1n) is 9.19. The lowest BCUT2D eigenvalue weighted by molar-refractivity contribution is -0.117. The molecule has 3 rings (SSSR count). The maximum Gasteiger partial charge on any atom is 0.273 e. The number of benzene rings is 2. The lowest BCUT2D eigenvalue weighted by atomic mass is 10.0. The molecule has 2 amide bonds. The summed E-state index contributed by atoms with van der Waals surface area (Å²) >= 11 is 5.98. The molecule has 0 fully saturated rings. The molecular weight excluding hydrogens is 446 g/mol. The molecule has 0 aliphatic heterocycles. The molecule has 3 aromatic rings. The van der Waals surface area contributed by atoms with Crippen molar-refractivity contribution in [1.82, 2.24) is 15.3 Å². The van der Waals surface area contributed by atoms with Crippen LogP contribution < -0.4 is 21.3 Å². The molecule has 0 unspecified atom stereocenters. The topological polar surface area (TPSA) is 127 Å². The number of ether oxygens (including phenoxy) is 1. The molecule has 166 valence electrons. The molecular formula is C21H17ClF2N4O4. The summed E-state index contributed by atoms with van der Waals surface area (Å²) in [4.78, 5) is 42.1. The first kappa shape index (κ1) is 22.9. The molecule has 0 saturated heterocycles. The van der Waals surface area contributed by atoms with Crippen molar-refractivity contribution in [3.05, 3.63) is 80.1 Å². The molecule has 32 heavy (non-hydrogen) atoms. The van der Waals surface area contributed by atoms with Crippen molar-refractivity contribution in [3.63, 3.8) is 0 Å². The number of aromatic amines is 1. The van der Waals surface area contributed by atoms with Crippen LogP contribution in [0.5, 0.6) is 5.88 Å². The summed E-state index contributed by atoms with van der Waals surface area (Å²) in [5.74, 6) is -3.03. The summed E-state index contributed by atoms with van der Waals surface area (Å²) in [7, 11) is 0. The Hall–Kier alpha value is -3.79. The van der Waals surface area contributed by atoms with Crippen molar-refractivity contribution in [2.75, 3.05) is 6.54 Å². The standard InChI is InChI=1S/C21H17ClF2N4O4/c1-10-2-3-11(19(30)26-8-16(25)29)6-14(10)18-27-20(31)17(22)21(28-18)32-9-12-4-5-13(23)7-15(12)24/h2-7H,8-9H2,1H3,(H2,25,29)(H,26,30)(H,27,28,31). The van der Waals surface area contributed by atoms with Gasteiger partial charge >= 0.3 is 0 Å². The zero-order valence-electron chi connectivity index (χ0n) is 16.7. The Balaban J connectivity index is 1.92. The van der Waals surface area contributed by atoms with Crippen LogP contribution in [-0.2, 0) is 11.4 Å². The fraction of sp³-hybridized carbons (Fsp3) is 0.143. The maximum absolute atomic E-state index is 13.9. The van der Waals surface area contributed by atoms with Gasteiger partial charge in [0.15, 0.2) is 5.02 Å². The summed E-state index contributed by atoms with van der Waals surface area (Å²) in [6.07, 6.45) is 0. The number of carbonyl (C=O) groups is 2. The van der Waals surface area contributed by atoms with Gasteiger partial charge < -0.3 is 20.8 Å². The number of H-pyrrole nitrogens is 1. The number of aromatic nitrogens is 2. The van der Waals surface area contributed by atoms with E-state index in [-0.39, 0.29) is 41.0 Å². The number of halogens is 3. The Bertz CT molecular complexity index is 1260. The van der Waals surface area contributed by atoms with E-state index in [1.807, 2.05) is 0 Å². The van der Waals surface area contributed by atoms with E-state index in [1.54, 1.807) is 13.0 Å². The lowest BCUT2D eigenvalue weighted by Gasteiger charge is -2.12. The first-order chi connectivity index (χ1) is 15.2. The third-order valence-corrected chi connectivity index (χ3v) is 4.72. The normalized spacial score (nSPS) is 10.6. The minimum atomic E-state index is -0.822. The molecule has 4 N–H and O–H groups in total. The molecule has 8 nitrogen and oxygen atoms in total. The number of nitrogens with two attached hydrogens (primary N) is 1. The average molecular weight is 463 g/mol. The number of primary amides is 1. The monoisotopic (exact) mass is 462 g/mol. The fourth-order valence-corrected chi connectivity index (χ4v) is 2.88. The second-order valence-corrected chi connectivity index (χ2v) is 7.11. The van der Waals surface area contributed by atoms with Gasteiger partial charge in [-0.2, -0.15) is 4.98 Å². The SMILES string of the molecule is Cc1ccc(C(=O)NCC(N)=O)cc1-c1nc(OCc2ccc(F)cc2F)c(Cl)c(=O)[nH]1. The Morgan fingerprint density at radius 3 is 2.66 bits per heavy atom. The molecule has 0 saturated carbocycles. The smallest absolute Gasteiger partial charge is 0.273 e. The van der Waals surface area contributed by atoms with Gasteiger partial charge in [-0.15, -0.1) is 0 Å². The molecule has 0 radical (unpaired) electrons. The Morgan fingerprint density at radius 1 is 1.22 bits per heavy atom. The largest absolute Gasteiger partial charge is 0.471 e. The van der Waals surface area contributed by atoms with Crippen LogP contribution in [0.25, 0.3) is 11.4 Å². The number of hydrogen-bond donors (Lipinski definition) is 3. The second-order valence-electron chi connectivity index (χ2n) is 6.74. The van der Waals surface area contributed by atoms with Gasteiger partial charge in [-0.05, 0) is 36.8 Å². The van der Waals surface area contributed by atoms with E-state index < -0.39 is 29.0 Å². The van der Waals surface area contributed by atoms with Crippen LogP contribution in [-0.4, -0.2) is 28.3 Å². The van der Waals surface area contributed by atoms with E-state index in [2.05, 4.69) is 15.3 Å². The van der Waals surface area contributed by atoms with Gasteiger partial charge in [0.25, 0.3) is 11.5 Å². The van der Waals surface area contributed by atoms with Gasteiger partial charge in [0.2, 0.25) is 11.8 Å². The highest BCUT2D eigenvalue weighted by molar-refractivity contribution is 6.31. The van der Waals surface area contributed by atoms with Crippen LogP contribution in [0.3, 0.4) is 0 Å². The van der Waals surface area contributed by atoms with Gasteiger partial charge in [0, 0.05) is 22.8 Å². The van der Waals surface area contributed by atoms with Crippen molar-refractivity contribution >= 4 is 23.4 Å². The summed E-state index contributed by atoms with van der Waals surface area (Å²) in [5, 5.41) is 2.01. The Labute approximate surface area is 185 Å². The minimum absolute atomic E-state index is 0.0374. The average Bonchev–Trinajstić information content (AvgIpc) is 2.74. The number of nitrogens with zero attached hydrogens (tertiary/aromatic N) is 1. The lowest BCUT2D eigenvalue weighted by Crippen LogP contribution is -2.33. The van der Waals surface area contributed by atoms with Gasteiger partial charge in [0.1, 0.15) is 24.1 Å². The molecule has 1 heterocycles. The van der Waals surface area contributed by atoms with Gasteiger partial charge in [-0.25, -0.2) is 8.78 Å². The van der Waals surface area contributed by atoms with Crippen molar-refractivity contribution in [2.24, 2.45) is 5.73 Å². The highest BCUT2D eigenvalue weighted by Crippen LogP contribution is 2.26. The van der Waals surface area contributed by atoms with Crippen molar-refractivity contribution in [1.29, 1.82) is 0 Å². The van der Waals surface area contributed by atoms with E-state index in [0.29, 0.717) is 17.2 Å². The third-order valence-electron chi connectivity index (χ3n) is 4.39. The predicted molar refractivity (Wildman–Crippen MR) is 112 cm³/mol. The van der Waals surface area contributed by atoms with Crippen LogP contribution in [0.15, 0.2) is 41.2 Å². The predicted octanol–water partition coefficient (Wildman–Crippen LogP) is 2.47. The number of rotatable bonds is 7. The Kier molecular flexibility index (Phi) is 6.84. The van der Waals surface area contributed by atoms with Crippen molar-refractivity contribution in [2.45, 2.75) is 13.5 Å². The molecule has 2 aromatic carbocycles. The first-order valence-corrected chi connectivity index (χ1v) is 9.57. The van der Waals surface area contributed by atoms with Gasteiger partial charge in [0.05, 0.1) is 6.54 Å². The van der Waals surface area contributed by atoms with Crippen molar-refractivity contribution < 1.29 is 23.1 Å². The quantitative estimate of drug-likeness (QED) is 0.497. The van der Waals surface area contributed by atoms with Crippen LogP contribution in [0.4, 0.5) is 8.78 Å².